The summed E-state index contributed by atoms with van der Waals surface area (Å²) in [6, 6.07) is 23.2. The van der Waals surface area contributed by atoms with E-state index in [0.717, 1.165) is 59.7 Å². The van der Waals surface area contributed by atoms with Gasteiger partial charge in [0.1, 0.15) is 11.5 Å². The van der Waals surface area contributed by atoms with E-state index in [1.54, 1.807) is 12.1 Å². The first-order chi connectivity index (χ1) is 19.8. The molecule has 0 unspecified atom stereocenters. The Kier molecular flexibility index (Phi) is 7.22. The predicted molar refractivity (Wildman–Crippen MR) is 161 cm³/mol. The van der Waals surface area contributed by atoms with Crippen molar-refractivity contribution >= 4 is 23.2 Å². The number of anilines is 2. The Morgan fingerprint density at radius 3 is 2.34 bits per heavy atom. The number of aliphatic hydroxyl groups is 1. The number of rotatable bonds is 6. The molecule has 1 saturated heterocycles. The summed E-state index contributed by atoms with van der Waals surface area (Å²) in [4.78, 5) is 33.7. The second-order valence-electron chi connectivity index (χ2n) is 11.4. The van der Waals surface area contributed by atoms with Crippen LogP contribution in [0.25, 0.3) is 11.1 Å². The highest BCUT2D eigenvalue weighted by molar-refractivity contribution is 6.47. The Balaban J connectivity index is 1.15. The van der Waals surface area contributed by atoms with Crippen molar-refractivity contribution in [3.63, 3.8) is 0 Å². The van der Waals surface area contributed by atoms with E-state index >= 15 is 0 Å². The topological polar surface area (TPSA) is 87.5 Å². The highest BCUT2D eigenvalue weighted by Crippen LogP contribution is 2.35. The summed E-state index contributed by atoms with van der Waals surface area (Å²) in [6.07, 6.45) is 4.12. The number of pyridine rings is 1. The molecule has 2 N–H and O–H groups in total. The number of amides is 1. The van der Waals surface area contributed by atoms with Crippen molar-refractivity contribution in [2.24, 2.45) is 0 Å². The van der Waals surface area contributed by atoms with Crippen LogP contribution in [0.4, 0.5) is 11.5 Å². The number of hydrogen-bond acceptors (Lipinski definition) is 5. The molecule has 0 aliphatic carbocycles. The first-order valence-electron chi connectivity index (χ1n) is 14.5. The van der Waals surface area contributed by atoms with Gasteiger partial charge in [-0.15, -0.1) is 0 Å². The van der Waals surface area contributed by atoms with Crippen molar-refractivity contribution in [2.45, 2.75) is 58.1 Å². The molecule has 1 fully saturated rings. The highest BCUT2D eigenvalue weighted by Gasteiger charge is 2.35. The number of aromatic nitrogens is 2. The average Bonchev–Trinajstić information content (AvgIpc) is 3.37. The maximum atomic E-state index is 13.5. The third-order valence-electron chi connectivity index (χ3n) is 8.43. The largest absolute Gasteiger partial charge is 0.385 e. The van der Waals surface area contributed by atoms with Crippen LogP contribution in [0.15, 0.2) is 72.8 Å². The summed E-state index contributed by atoms with van der Waals surface area (Å²) in [6.45, 7) is 6.21. The first-order valence-corrected chi connectivity index (χ1v) is 14.5. The van der Waals surface area contributed by atoms with E-state index in [2.05, 4.69) is 40.3 Å². The van der Waals surface area contributed by atoms with Crippen molar-refractivity contribution in [3.05, 3.63) is 101 Å². The van der Waals surface area contributed by atoms with Gasteiger partial charge in [0.15, 0.2) is 0 Å². The van der Waals surface area contributed by atoms with Crippen LogP contribution in [0, 0.1) is 13.8 Å². The van der Waals surface area contributed by atoms with Crippen molar-refractivity contribution in [1.82, 2.24) is 9.55 Å². The predicted octanol–water partition coefficient (Wildman–Crippen LogP) is 5.81. The maximum Gasteiger partial charge on any atom is 0.298 e. The van der Waals surface area contributed by atoms with Crippen LogP contribution in [-0.4, -0.2) is 39.4 Å². The Hall–Kier alpha value is -4.23. The molecule has 4 heterocycles. The maximum absolute atomic E-state index is 13.5. The van der Waals surface area contributed by atoms with Crippen LogP contribution in [0.2, 0.25) is 0 Å². The third-order valence-corrected chi connectivity index (χ3v) is 8.43. The Labute approximate surface area is 240 Å². The number of fused-ring (bicyclic) bond motifs is 1. The summed E-state index contributed by atoms with van der Waals surface area (Å²) in [5.74, 6) is -0.242. The van der Waals surface area contributed by atoms with Crippen molar-refractivity contribution in [3.8, 4) is 11.1 Å². The fraction of sp³-hybridized carbons (Fsp3) is 0.324. The molecule has 4 aromatic rings. The van der Waals surface area contributed by atoms with Crippen LogP contribution in [0.1, 0.15) is 58.7 Å². The van der Waals surface area contributed by atoms with Gasteiger partial charge < -0.3 is 19.9 Å². The number of ketones is 1. The molecule has 0 radical (unpaired) electrons. The fourth-order valence-electron chi connectivity index (χ4n) is 6.26. The highest BCUT2D eigenvalue weighted by atomic mass is 16.3. The summed E-state index contributed by atoms with van der Waals surface area (Å²) < 4.78 is 2.02. The Morgan fingerprint density at radius 2 is 1.63 bits per heavy atom. The van der Waals surface area contributed by atoms with Gasteiger partial charge in [0.05, 0.1) is 5.60 Å². The van der Waals surface area contributed by atoms with Gasteiger partial charge in [0.2, 0.25) is 0 Å². The zero-order valence-electron chi connectivity index (χ0n) is 23.7. The molecule has 2 aromatic carbocycles. The van der Waals surface area contributed by atoms with Gasteiger partial charge >= 0.3 is 0 Å². The number of nitrogens with zero attached hydrogens (tertiary/aromatic N) is 3. The zero-order chi connectivity index (χ0) is 28.6. The first kappa shape index (κ1) is 27.0. The van der Waals surface area contributed by atoms with E-state index in [1.807, 2.05) is 54.0 Å². The second-order valence-corrected chi connectivity index (χ2v) is 11.4. The van der Waals surface area contributed by atoms with Crippen molar-refractivity contribution < 1.29 is 14.7 Å². The zero-order valence-corrected chi connectivity index (χ0v) is 23.7. The van der Waals surface area contributed by atoms with Crippen LogP contribution < -0.4 is 10.2 Å². The minimum atomic E-state index is -0.955. The number of carbonyl (C=O) groups is 2. The summed E-state index contributed by atoms with van der Waals surface area (Å²) in [7, 11) is 0. The molecule has 0 spiro atoms. The molecule has 6 rings (SSSR count). The van der Waals surface area contributed by atoms with Crippen LogP contribution in [0.5, 0.6) is 0 Å². The number of piperidine rings is 1. The van der Waals surface area contributed by atoms with E-state index in [9.17, 15) is 14.7 Å². The van der Waals surface area contributed by atoms with Crippen LogP contribution >= 0.6 is 0 Å². The number of nitrogens with one attached hydrogen (secondary N) is 1. The standard InChI is InChI=1S/C34H36N4O3/c1-23-20-24(2)35-30(21-23)37-18-15-34(41,16-19-37)26-11-13-27(14-12-26)36-33(40)32(39)31-29(25-8-4-3-5-9-25)22-28-10-6-7-17-38(28)31/h3-5,8-9,11-14,20-22,41H,6-7,10,15-19H2,1-2H3,(H,36,40). The molecule has 2 aliphatic rings. The molecule has 2 aliphatic heterocycles. The molecule has 0 saturated carbocycles. The summed E-state index contributed by atoms with van der Waals surface area (Å²) >= 11 is 0. The monoisotopic (exact) mass is 548 g/mol. The van der Waals surface area contributed by atoms with E-state index in [0.29, 0.717) is 37.3 Å². The second kappa shape index (κ2) is 11.0. The number of carbonyl (C=O) groups excluding carboxylic acids is 2. The summed E-state index contributed by atoms with van der Waals surface area (Å²) in [5.41, 5.74) is 5.85. The van der Waals surface area contributed by atoms with Gasteiger partial charge in [-0.3, -0.25) is 9.59 Å². The van der Waals surface area contributed by atoms with Gasteiger partial charge in [-0.25, -0.2) is 4.98 Å². The third kappa shape index (κ3) is 5.42. The molecule has 7 nitrogen and oxygen atoms in total. The van der Waals surface area contributed by atoms with E-state index < -0.39 is 17.3 Å². The average molecular weight is 549 g/mol. The molecular formula is C34H36N4O3. The quantitative estimate of drug-likeness (QED) is 0.234. The van der Waals surface area contributed by atoms with E-state index in [-0.39, 0.29) is 0 Å². The lowest BCUT2D eigenvalue weighted by molar-refractivity contribution is -0.112. The van der Waals surface area contributed by atoms with E-state index in [4.69, 9.17) is 0 Å². The van der Waals surface area contributed by atoms with Crippen LogP contribution in [0.3, 0.4) is 0 Å². The lowest BCUT2D eigenvalue weighted by atomic mass is 9.84. The smallest absolute Gasteiger partial charge is 0.298 e. The van der Waals surface area contributed by atoms with Gasteiger partial charge in [0.25, 0.3) is 11.7 Å². The number of Topliss-reactive ketones (excluding diaryl/α,β-unsaturated/α-hetero) is 1. The van der Waals surface area contributed by atoms with Gasteiger partial charge in [0, 0.05) is 42.3 Å². The van der Waals surface area contributed by atoms with Gasteiger partial charge in [-0.1, -0.05) is 42.5 Å². The lowest BCUT2D eigenvalue weighted by Gasteiger charge is -2.39. The van der Waals surface area contributed by atoms with E-state index in [1.165, 1.54) is 5.56 Å². The summed E-state index contributed by atoms with van der Waals surface area (Å²) in [5, 5.41) is 14.3. The van der Waals surface area contributed by atoms with Crippen molar-refractivity contribution in [2.75, 3.05) is 23.3 Å². The minimum absolute atomic E-state index is 0.458. The molecule has 1 amide bonds. The number of aryl methyl sites for hydroxylation is 3. The number of hydrogen-bond donors (Lipinski definition) is 2. The fourth-order valence-corrected chi connectivity index (χ4v) is 6.26. The Bertz CT molecular complexity index is 1560. The lowest BCUT2D eigenvalue weighted by Crippen LogP contribution is -2.43. The molecule has 210 valence electrons. The van der Waals surface area contributed by atoms with Crippen LogP contribution in [-0.2, 0) is 23.4 Å². The molecule has 2 aromatic heterocycles. The molecule has 0 bridgehead atoms. The van der Waals surface area contributed by atoms with Gasteiger partial charge in [-0.05, 0) is 93.0 Å². The molecular weight excluding hydrogens is 512 g/mol. The molecule has 7 heteroatoms. The van der Waals surface area contributed by atoms with Crippen molar-refractivity contribution in [1.29, 1.82) is 0 Å². The minimum Gasteiger partial charge on any atom is -0.385 e. The molecule has 0 atom stereocenters. The Morgan fingerprint density at radius 1 is 0.902 bits per heavy atom. The van der Waals surface area contributed by atoms with Gasteiger partial charge in [-0.2, -0.15) is 0 Å². The number of benzene rings is 2. The normalized spacial score (nSPS) is 16.2. The SMILES string of the molecule is Cc1cc(C)nc(N2CCC(O)(c3ccc(NC(=O)C(=O)c4c(-c5ccccc5)cc5n4CCCC5)cc3)CC2)c1. The molecule has 41 heavy (non-hydrogen) atoms.